The summed E-state index contributed by atoms with van der Waals surface area (Å²) in [4.78, 5) is 4.67. The first-order chi connectivity index (χ1) is 14.1. The number of aromatic nitrogens is 2. The highest BCUT2D eigenvalue weighted by Gasteiger charge is 2.21. The van der Waals surface area contributed by atoms with E-state index in [0.29, 0.717) is 46.9 Å². The summed E-state index contributed by atoms with van der Waals surface area (Å²) in [6.45, 7) is 3.00. The van der Waals surface area contributed by atoms with Gasteiger partial charge in [-0.25, -0.2) is 9.37 Å². The van der Waals surface area contributed by atoms with Crippen molar-refractivity contribution in [1.82, 2.24) is 9.38 Å². The molecule has 0 radical (unpaired) electrons. The molecule has 0 aliphatic carbocycles. The number of ether oxygens (including phenoxy) is 2. The van der Waals surface area contributed by atoms with Crippen LogP contribution in [0.4, 0.5) is 15.9 Å². The SMILES string of the molecule is Cc1cccc2nc(-c3c(F)cccc3Cl)c(Nc3ccc4c(c3)OCCO4)n12. The van der Waals surface area contributed by atoms with Crippen LogP contribution in [0, 0.1) is 12.7 Å². The van der Waals surface area contributed by atoms with Crippen LogP contribution in [-0.2, 0) is 0 Å². The lowest BCUT2D eigenvalue weighted by Gasteiger charge is -2.19. The molecule has 146 valence electrons. The number of imidazole rings is 1. The Bertz CT molecular complexity index is 1220. The number of pyridine rings is 1. The lowest BCUT2D eigenvalue weighted by molar-refractivity contribution is 0.171. The van der Waals surface area contributed by atoms with Crippen LogP contribution in [0.1, 0.15) is 5.69 Å². The Morgan fingerprint density at radius 1 is 1.03 bits per heavy atom. The van der Waals surface area contributed by atoms with E-state index < -0.39 is 5.82 Å². The third-order valence-corrected chi connectivity index (χ3v) is 5.16. The Hall–Kier alpha value is -3.25. The summed E-state index contributed by atoms with van der Waals surface area (Å²) in [5, 5.41) is 3.68. The normalized spacial score (nSPS) is 12.9. The predicted molar refractivity (Wildman–Crippen MR) is 111 cm³/mol. The molecule has 29 heavy (non-hydrogen) atoms. The molecule has 0 bridgehead atoms. The maximum absolute atomic E-state index is 14.7. The number of fused-ring (bicyclic) bond motifs is 2. The van der Waals surface area contributed by atoms with Crippen LogP contribution in [0.2, 0.25) is 5.02 Å². The zero-order valence-electron chi connectivity index (χ0n) is 15.6. The van der Waals surface area contributed by atoms with Gasteiger partial charge in [-0.3, -0.25) is 4.40 Å². The van der Waals surface area contributed by atoms with E-state index in [4.69, 9.17) is 21.1 Å². The summed E-state index contributed by atoms with van der Waals surface area (Å²) in [5.74, 6) is 1.57. The van der Waals surface area contributed by atoms with Gasteiger partial charge in [-0.05, 0) is 43.3 Å². The predicted octanol–water partition coefficient (Wildman–Crippen LogP) is 5.62. The van der Waals surface area contributed by atoms with Gasteiger partial charge in [0.1, 0.15) is 36.2 Å². The minimum absolute atomic E-state index is 0.261. The Morgan fingerprint density at radius 2 is 1.83 bits per heavy atom. The van der Waals surface area contributed by atoms with Crippen molar-refractivity contribution in [2.75, 3.05) is 18.5 Å². The summed E-state index contributed by atoms with van der Waals surface area (Å²) in [6.07, 6.45) is 0. The second-order valence-corrected chi connectivity index (χ2v) is 7.16. The highest BCUT2D eigenvalue weighted by molar-refractivity contribution is 6.33. The molecular weight excluding hydrogens is 393 g/mol. The number of nitrogens with zero attached hydrogens (tertiary/aromatic N) is 2. The number of halogens is 2. The highest BCUT2D eigenvalue weighted by atomic mass is 35.5. The van der Waals surface area contributed by atoms with Gasteiger partial charge in [0.25, 0.3) is 0 Å². The van der Waals surface area contributed by atoms with Gasteiger partial charge in [0.2, 0.25) is 0 Å². The molecule has 0 saturated carbocycles. The quantitative estimate of drug-likeness (QED) is 0.477. The molecule has 1 aliphatic rings. The van der Waals surface area contributed by atoms with Gasteiger partial charge in [-0.1, -0.05) is 23.7 Å². The average Bonchev–Trinajstić information content (AvgIpc) is 3.07. The van der Waals surface area contributed by atoms with Gasteiger partial charge < -0.3 is 14.8 Å². The monoisotopic (exact) mass is 409 g/mol. The van der Waals surface area contributed by atoms with Gasteiger partial charge >= 0.3 is 0 Å². The summed E-state index contributed by atoms with van der Waals surface area (Å²) in [7, 11) is 0. The van der Waals surface area contributed by atoms with Gasteiger partial charge in [0, 0.05) is 17.4 Å². The topological polar surface area (TPSA) is 47.8 Å². The molecule has 7 heteroatoms. The molecule has 0 atom stereocenters. The molecule has 2 aromatic heterocycles. The lowest BCUT2D eigenvalue weighted by atomic mass is 10.1. The van der Waals surface area contributed by atoms with Crippen LogP contribution in [-0.4, -0.2) is 22.6 Å². The number of aryl methyl sites for hydroxylation is 1. The Kier molecular flexibility index (Phi) is 4.28. The minimum Gasteiger partial charge on any atom is -0.486 e. The van der Waals surface area contributed by atoms with Gasteiger partial charge in [-0.15, -0.1) is 0 Å². The van der Waals surface area contributed by atoms with Crippen molar-refractivity contribution in [3.63, 3.8) is 0 Å². The molecule has 0 fully saturated rings. The van der Waals surface area contributed by atoms with Crippen molar-refractivity contribution in [1.29, 1.82) is 0 Å². The van der Waals surface area contributed by atoms with Crippen molar-refractivity contribution in [2.24, 2.45) is 0 Å². The molecule has 5 nitrogen and oxygen atoms in total. The molecule has 0 amide bonds. The molecular formula is C22H17ClFN3O2. The van der Waals surface area contributed by atoms with E-state index in [0.717, 1.165) is 11.4 Å². The van der Waals surface area contributed by atoms with Crippen molar-refractivity contribution in [2.45, 2.75) is 6.92 Å². The van der Waals surface area contributed by atoms with Gasteiger partial charge in [0.15, 0.2) is 11.5 Å². The smallest absolute Gasteiger partial charge is 0.163 e. The summed E-state index contributed by atoms with van der Waals surface area (Å²) < 4.78 is 27.9. The Balaban J connectivity index is 1.70. The standard InChI is InChI=1S/C22H17ClFN3O2/c1-13-4-2-7-19-26-21(20-15(23)5-3-6-16(20)24)22(27(13)19)25-14-8-9-17-18(12-14)29-11-10-28-17/h2-9,12,25H,10-11H2,1H3. The van der Waals surface area contributed by atoms with Crippen LogP contribution < -0.4 is 14.8 Å². The molecule has 2 aromatic carbocycles. The fourth-order valence-electron chi connectivity index (χ4n) is 3.53. The van der Waals surface area contributed by atoms with E-state index in [1.54, 1.807) is 12.1 Å². The molecule has 0 unspecified atom stereocenters. The van der Waals surface area contributed by atoms with E-state index in [-0.39, 0.29) is 5.56 Å². The second-order valence-electron chi connectivity index (χ2n) is 6.75. The van der Waals surface area contributed by atoms with Crippen molar-refractivity contribution in [3.8, 4) is 22.8 Å². The molecule has 5 rings (SSSR count). The van der Waals surface area contributed by atoms with Crippen LogP contribution in [0.15, 0.2) is 54.6 Å². The third kappa shape index (κ3) is 3.06. The molecule has 3 heterocycles. The van der Waals surface area contributed by atoms with Crippen LogP contribution >= 0.6 is 11.6 Å². The van der Waals surface area contributed by atoms with Crippen molar-refractivity contribution >= 4 is 28.8 Å². The third-order valence-electron chi connectivity index (χ3n) is 4.84. The average molecular weight is 410 g/mol. The van der Waals surface area contributed by atoms with E-state index in [9.17, 15) is 4.39 Å². The molecule has 4 aromatic rings. The Morgan fingerprint density at radius 3 is 2.66 bits per heavy atom. The summed E-state index contributed by atoms with van der Waals surface area (Å²) >= 11 is 6.35. The molecule has 1 N–H and O–H groups in total. The minimum atomic E-state index is -0.427. The first-order valence-corrected chi connectivity index (χ1v) is 9.59. The molecule has 0 saturated heterocycles. The summed E-state index contributed by atoms with van der Waals surface area (Å²) in [6, 6.07) is 16.0. The van der Waals surface area contributed by atoms with E-state index in [2.05, 4.69) is 10.3 Å². The van der Waals surface area contributed by atoms with Crippen LogP contribution in [0.3, 0.4) is 0 Å². The largest absolute Gasteiger partial charge is 0.486 e. The number of rotatable bonds is 3. The van der Waals surface area contributed by atoms with E-state index in [1.165, 1.54) is 6.07 Å². The van der Waals surface area contributed by atoms with Crippen LogP contribution in [0.25, 0.3) is 16.9 Å². The maximum atomic E-state index is 14.7. The number of nitrogens with one attached hydrogen (secondary N) is 1. The fourth-order valence-corrected chi connectivity index (χ4v) is 3.78. The fraction of sp³-hybridized carbons (Fsp3) is 0.136. The number of hydrogen-bond donors (Lipinski definition) is 1. The van der Waals surface area contributed by atoms with Gasteiger partial charge in [-0.2, -0.15) is 0 Å². The zero-order chi connectivity index (χ0) is 20.0. The maximum Gasteiger partial charge on any atom is 0.163 e. The van der Waals surface area contributed by atoms with Crippen LogP contribution in [0.5, 0.6) is 11.5 Å². The highest BCUT2D eigenvalue weighted by Crippen LogP contribution is 2.39. The summed E-state index contributed by atoms with van der Waals surface area (Å²) in [5.41, 5.74) is 3.12. The van der Waals surface area contributed by atoms with E-state index in [1.807, 2.05) is 47.7 Å². The number of anilines is 2. The zero-order valence-corrected chi connectivity index (χ0v) is 16.3. The Labute approximate surface area is 171 Å². The first kappa shape index (κ1) is 17.8. The molecule has 1 aliphatic heterocycles. The number of benzene rings is 2. The van der Waals surface area contributed by atoms with Crippen molar-refractivity contribution in [3.05, 3.63) is 71.1 Å². The van der Waals surface area contributed by atoms with Gasteiger partial charge in [0.05, 0.1) is 10.6 Å². The lowest BCUT2D eigenvalue weighted by Crippen LogP contribution is -2.15. The first-order valence-electron chi connectivity index (χ1n) is 9.21. The molecule has 0 spiro atoms. The van der Waals surface area contributed by atoms with Crippen molar-refractivity contribution < 1.29 is 13.9 Å². The van der Waals surface area contributed by atoms with E-state index >= 15 is 0 Å². The number of hydrogen-bond acceptors (Lipinski definition) is 4. The second kappa shape index (κ2) is 6.97.